The van der Waals surface area contributed by atoms with Crippen LogP contribution in [0.1, 0.15) is 16.8 Å². The molecule has 1 aliphatic rings. The van der Waals surface area contributed by atoms with Gasteiger partial charge < -0.3 is 10.6 Å². The second kappa shape index (κ2) is 6.31. The van der Waals surface area contributed by atoms with Crippen LogP contribution in [0, 0.1) is 11.6 Å². The van der Waals surface area contributed by atoms with Gasteiger partial charge in [-0.15, -0.1) is 12.4 Å². The van der Waals surface area contributed by atoms with E-state index in [1.54, 1.807) is 0 Å². The Hall–Kier alpha value is -0.910. The summed E-state index contributed by atoms with van der Waals surface area (Å²) in [6, 6.07) is 1.58. The number of halogens is 4. The summed E-state index contributed by atoms with van der Waals surface area (Å²) in [7, 11) is 0. The van der Waals surface area contributed by atoms with E-state index < -0.39 is 17.5 Å². The maximum atomic E-state index is 13.4. The summed E-state index contributed by atoms with van der Waals surface area (Å²) in [5, 5.41) is 5.36. The van der Waals surface area contributed by atoms with E-state index in [1.165, 1.54) is 0 Å². The highest BCUT2D eigenvalue weighted by atomic mass is 35.5. The molecule has 7 heteroatoms. The summed E-state index contributed by atoms with van der Waals surface area (Å²) in [4.78, 5) is 11.7. The smallest absolute Gasteiger partial charge is 0.254 e. The molecule has 2 N–H and O–H groups in total. The van der Waals surface area contributed by atoms with Crippen molar-refractivity contribution in [3.8, 4) is 0 Å². The minimum absolute atomic E-state index is 0. The molecule has 2 rings (SSSR count). The van der Waals surface area contributed by atoms with E-state index in [1.807, 2.05) is 0 Å². The number of amides is 1. The second-order valence-electron chi connectivity index (χ2n) is 3.91. The van der Waals surface area contributed by atoms with E-state index in [2.05, 4.69) is 10.6 Å². The Labute approximate surface area is 114 Å². The third-order valence-corrected chi connectivity index (χ3v) is 2.94. The van der Waals surface area contributed by atoms with Gasteiger partial charge in [0.2, 0.25) is 0 Å². The molecule has 1 atom stereocenters. The highest BCUT2D eigenvalue weighted by molar-refractivity contribution is 6.30. The van der Waals surface area contributed by atoms with Crippen LogP contribution in [-0.2, 0) is 0 Å². The van der Waals surface area contributed by atoms with Crippen LogP contribution in [0.25, 0.3) is 0 Å². The standard InChI is InChI=1S/C11H11ClF2N2O.ClH/c12-8-4-9(13)7(3-10(8)14)11(17)16-6-1-2-15-5-6;/h3-4,6,15H,1-2,5H2,(H,16,17);1H. The van der Waals surface area contributed by atoms with Crippen LogP contribution in [0.5, 0.6) is 0 Å². The predicted molar refractivity (Wildman–Crippen MR) is 67.4 cm³/mol. The van der Waals surface area contributed by atoms with E-state index in [9.17, 15) is 13.6 Å². The monoisotopic (exact) mass is 296 g/mol. The van der Waals surface area contributed by atoms with Crippen molar-refractivity contribution in [3.05, 3.63) is 34.4 Å². The van der Waals surface area contributed by atoms with E-state index >= 15 is 0 Å². The van der Waals surface area contributed by atoms with Crippen molar-refractivity contribution >= 4 is 29.9 Å². The van der Waals surface area contributed by atoms with Crippen molar-refractivity contribution < 1.29 is 13.6 Å². The molecule has 0 radical (unpaired) electrons. The molecule has 0 spiro atoms. The van der Waals surface area contributed by atoms with Gasteiger partial charge in [0.1, 0.15) is 11.6 Å². The van der Waals surface area contributed by atoms with Crippen LogP contribution in [0.3, 0.4) is 0 Å². The van der Waals surface area contributed by atoms with Crippen LogP contribution in [-0.4, -0.2) is 25.0 Å². The van der Waals surface area contributed by atoms with Gasteiger partial charge in [-0.25, -0.2) is 8.78 Å². The van der Waals surface area contributed by atoms with Crippen LogP contribution >= 0.6 is 24.0 Å². The molecule has 3 nitrogen and oxygen atoms in total. The third kappa shape index (κ3) is 3.31. The van der Waals surface area contributed by atoms with Crippen LogP contribution in [0.4, 0.5) is 8.78 Å². The lowest BCUT2D eigenvalue weighted by atomic mass is 10.1. The lowest BCUT2D eigenvalue weighted by molar-refractivity contribution is 0.0935. The number of carbonyl (C=O) groups is 1. The van der Waals surface area contributed by atoms with Crippen molar-refractivity contribution in [2.75, 3.05) is 13.1 Å². The Bertz CT molecular complexity index is 451. The van der Waals surface area contributed by atoms with Crippen molar-refractivity contribution in [3.63, 3.8) is 0 Å². The maximum Gasteiger partial charge on any atom is 0.254 e. The lowest BCUT2D eigenvalue weighted by Gasteiger charge is -2.12. The topological polar surface area (TPSA) is 41.1 Å². The normalized spacial score (nSPS) is 18.3. The Morgan fingerprint density at radius 2 is 2.11 bits per heavy atom. The maximum absolute atomic E-state index is 13.4. The third-order valence-electron chi connectivity index (χ3n) is 2.65. The van der Waals surface area contributed by atoms with Gasteiger partial charge >= 0.3 is 0 Å². The lowest BCUT2D eigenvalue weighted by Crippen LogP contribution is -2.36. The van der Waals surface area contributed by atoms with Gasteiger partial charge in [-0.2, -0.15) is 0 Å². The van der Waals surface area contributed by atoms with Crippen LogP contribution < -0.4 is 10.6 Å². The SMILES string of the molecule is Cl.O=C(NC1CCNC1)c1cc(F)c(Cl)cc1F. The Balaban J connectivity index is 0.00000162. The highest BCUT2D eigenvalue weighted by Crippen LogP contribution is 2.19. The Morgan fingerprint density at radius 1 is 1.39 bits per heavy atom. The fourth-order valence-corrected chi connectivity index (χ4v) is 1.89. The minimum atomic E-state index is -0.820. The molecule has 1 unspecified atom stereocenters. The number of carbonyl (C=O) groups excluding carboxylic acids is 1. The molecular formula is C11H12Cl2F2N2O. The van der Waals surface area contributed by atoms with E-state index in [0.29, 0.717) is 6.54 Å². The van der Waals surface area contributed by atoms with Crippen molar-refractivity contribution in [2.24, 2.45) is 0 Å². The Morgan fingerprint density at radius 3 is 2.72 bits per heavy atom. The van der Waals surface area contributed by atoms with Gasteiger partial charge in [0.25, 0.3) is 5.91 Å². The van der Waals surface area contributed by atoms with Crippen molar-refractivity contribution in [1.29, 1.82) is 0 Å². The quantitative estimate of drug-likeness (QED) is 0.821. The zero-order chi connectivity index (χ0) is 12.4. The number of nitrogens with one attached hydrogen (secondary N) is 2. The van der Waals surface area contributed by atoms with Gasteiger partial charge in [0, 0.05) is 12.6 Å². The first kappa shape index (κ1) is 15.1. The van der Waals surface area contributed by atoms with Crippen molar-refractivity contribution in [2.45, 2.75) is 12.5 Å². The fourth-order valence-electron chi connectivity index (χ4n) is 1.74. The molecular weight excluding hydrogens is 285 g/mol. The van der Waals surface area contributed by atoms with Gasteiger partial charge in [0.05, 0.1) is 10.6 Å². The number of benzene rings is 1. The number of hydrogen-bond acceptors (Lipinski definition) is 2. The molecule has 1 fully saturated rings. The molecule has 1 saturated heterocycles. The molecule has 0 aliphatic carbocycles. The first-order valence-electron chi connectivity index (χ1n) is 5.24. The molecule has 1 aromatic carbocycles. The first-order valence-corrected chi connectivity index (χ1v) is 5.62. The minimum Gasteiger partial charge on any atom is -0.348 e. The molecule has 100 valence electrons. The molecule has 0 saturated carbocycles. The molecule has 0 bridgehead atoms. The summed E-state index contributed by atoms with van der Waals surface area (Å²) in [5.41, 5.74) is -0.321. The number of rotatable bonds is 2. The zero-order valence-corrected chi connectivity index (χ0v) is 10.9. The van der Waals surface area contributed by atoms with Gasteiger partial charge in [-0.05, 0) is 25.1 Å². The average molecular weight is 297 g/mol. The van der Waals surface area contributed by atoms with Gasteiger partial charge in [0.15, 0.2) is 0 Å². The van der Waals surface area contributed by atoms with Crippen LogP contribution in [0.15, 0.2) is 12.1 Å². The van der Waals surface area contributed by atoms with Gasteiger partial charge in [-0.3, -0.25) is 4.79 Å². The van der Waals surface area contributed by atoms with Crippen molar-refractivity contribution in [1.82, 2.24) is 10.6 Å². The predicted octanol–water partition coefficient (Wildman–Crippen LogP) is 2.13. The van der Waals surface area contributed by atoms with E-state index in [4.69, 9.17) is 11.6 Å². The first-order chi connectivity index (χ1) is 8.08. The summed E-state index contributed by atoms with van der Waals surface area (Å²) < 4.78 is 26.6. The van der Waals surface area contributed by atoms with E-state index in [-0.39, 0.29) is 29.0 Å². The average Bonchev–Trinajstić information content (AvgIpc) is 2.76. The van der Waals surface area contributed by atoms with Crippen LogP contribution in [0.2, 0.25) is 5.02 Å². The van der Waals surface area contributed by atoms with Gasteiger partial charge in [-0.1, -0.05) is 11.6 Å². The number of hydrogen-bond donors (Lipinski definition) is 2. The summed E-state index contributed by atoms with van der Waals surface area (Å²) in [6.45, 7) is 1.45. The summed E-state index contributed by atoms with van der Waals surface area (Å²) in [5.74, 6) is -2.24. The summed E-state index contributed by atoms with van der Waals surface area (Å²) >= 11 is 5.40. The Kier molecular flexibility index (Phi) is 5.31. The van der Waals surface area contributed by atoms with E-state index in [0.717, 1.165) is 25.1 Å². The molecule has 1 heterocycles. The molecule has 1 aromatic rings. The largest absolute Gasteiger partial charge is 0.348 e. The molecule has 1 aliphatic heterocycles. The molecule has 0 aromatic heterocycles. The summed E-state index contributed by atoms with van der Waals surface area (Å²) in [6.07, 6.45) is 0.781. The zero-order valence-electron chi connectivity index (χ0n) is 9.30. The second-order valence-corrected chi connectivity index (χ2v) is 4.32. The fraction of sp³-hybridized carbons (Fsp3) is 0.364. The molecule has 18 heavy (non-hydrogen) atoms. The molecule has 1 amide bonds. The highest BCUT2D eigenvalue weighted by Gasteiger charge is 2.20.